The van der Waals surface area contributed by atoms with Crippen LogP contribution in [-0.4, -0.2) is 52.0 Å². The lowest BCUT2D eigenvalue weighted by atomic mass is 10.0. The monoisotopic (exact) mass is 279 g/mol. The summed E-state index contributed by atoms with van der Waals surface area (Å²) in [5.41, 5.74) is 2.61. The smallest absolute Gasteiger partial charge is 0.161 e. The number of aryl methyl sites for hydroxylation is 2. The minimum Gasteiger partial charge on any atom is -0.493 e. The molecule has 0 atom stereocenters. The van der Waals surface area contributed by atoms with Gasteiger partial charge in [-0.15, -0.1) is 0 Å². The number of nitrogens with zero attached hydrogens (tertiary/aromatic N) is 1. The van der Waals surface area contributed by atoms with Crippen molar-refractivity contribution < 1.29 is 14.2 Å². The average Bonchev–Trinajstić information content (AvgIpc) is 2.49. The van der Waals surface area contributed by atoms with Crippen LogP contribution < -0.4 is 9.47 Å². The molecule has 1 aromatic rings. The Morgan fingerprint density at radius 1 is 1.10 bits per heavy atom. The molecule has 2 rings (SSSR count). The second-order valence-corrected chi connectivity index (χ2v) is 5.19. The summed E-state index contributed by atoms with van der Waals surface area (Å²) in [6, 6.07) is 4.16. The van der Waals surface area contributed by atoms with Gasteiger partial charge in [-0.25, -0.2) is 0 Å². The first-order chi connectivity index (χ1) is 9.74. The highest BCUT2D eigenvalue weighted by molar-refractivity contribution is 5.47. The van der Waals surface area contributed by atoms with Gasteiger partial charge in [0.2, 0.25) is 0 Å². The van der Waals surface area contributed by atoms with Gasteiger partial charge in [0.15, 0.2) is 11.5 Å². The van der Waals surface area contributed by atoms with Gasteiger partial charge in [0.25, 0.3) is 0 Å². The third kappa shape index (κ3) is 3.87. The van der Waals surface area contributed by atoms with Crippen LogP contribution in [0.1, 0.15) is 17.5 Å². The fourth-order valence-electron chi connectivity index (χ4n) is 2.61. The Kier molecular flexibility index (Phi) is 5.68. The molecule has 112 valence electrons. The van der Waals surface area contributed by atoms with E-state index >= 15 is 0 Å². The van der Waals surface area contributed by atoms with E-state index in [9.17, 15) is 0 Å². The third-order valence-electron chi connectivity index (χ3n) is 3.87. The van der Waals surface area contributed by atoms with Gasteiger partial charge in [-0.05, 0) is 49.6 Å². The Morgan fingerprint density at radius 3 is 2.40 bits per heavy atom. The van der Waals surface area contributed by atoms with Gasteiger partial charge < -0.3 is 14.2 Å². The molecule has 0 spiro atoms. The van der Waals surface area contributed by atoms with E-state index in [-0.39, 0.29) is 0 Å². The van der Waals surface area contributed by atoms with Crippen LogP contribution in [0.15, 0.2) is 12.1 Å². The van der Waals surface area contributed by atoms with Crippen molar-refractivity contribution in [2.75, 3.05) is 47.1 Å². The van der Waals surface area contributed by atoms with Crippen molar-refractivity contribution in [3.8, 4) is 11.5 Å². The summed E-state index contributed by atoms with van der Waals surface area (Å²) in [5, 5.41) is 0. The van der Waals surface area contributed by atoms with Crippen LogP contribution >= 0.6 is 0 Å². The predicted molar refractivity (Wildman–Crippen MR) is 79.9 cm³/mol. The van der Waals surface area contributed by atoms with E-state index in [1.165, 1.54) is 11.1 Å². The molecular formula is C16H25NO3. The molecule has 0 saturated carbocycles. The average molecular weight is 279 g/mol. The molecule has 1 saturated heterocycles. The highest BCUT2D eigenvalue weighted by Gasteiger charge is 2.11. The molecule has 0 N–H and O–H groups in total. The van der Waals surface area contributed by atoms with Crippen LogP contribution in [0.4, 0.5) is 0 Å². The lowest BCUT2D eigenvalue weighted by Crippen LogP contribution is -2.36. The van der Waals surface area contributed by atoms with E-state index in [0.29, 0.717) is 0 Å². The zero-order valence-corrected chi connectivity index (χ0v) is 12.8. The fourth-order valence-corrected chi connectivity index (χ4v) is 2.61. The van der Waals surface area contributed by atoms with E-state index in [1.54, 1.807) is 14.2 Å². The molecule has 1 aliphatic heterocycles. The number of ether oxygens (including phenoxy) is 3. The minimum absolute atomic E-state index is 0.807. The normalized spacial score (nSPS) is 16.1. The lowest BCUT2D eigenvalue weighted by Gasteiger charge is -2.26. The van der Waals surface area contributed by atoms with E-state index < -0.39 is 0 Å². The Labute approximate surface area is 121 Å². The fraction of sp³-hybridized carbons (Fsp3) is 0.625. The highest BCUT2D eigenvalue weighted by atomic mass is 16.5. The number of morpholine rings is 1. The van der Waals surface area contributed by atoms with Gasteiger partial charge in [-0.1, -0.05) is 0 Å². The largest absolute Gasteiger partial charge is 0.493 e. The summed E-state index contributed by atoms with van der Waals surface area (Å²) in [6.07, 6.45) is 2.24. The van der Waals surface area contributed by atoms with Gasteiger partial charge in [-0.2, -0.15) is 0 Å². The Hall–Kier alpha value is -1.26. The third-order valence-corrected chi connectivity index (χ3v) is 3.87. The van der Waals surface area contributed by atoms with Crippen molar-refractivity contribution in [3.63, 3.8) is 0 Å². The first-order valence-electron chi connectivity index (χ1n) is 7.26. The van der Waals surface area contributed by atoms with Gasteiger partial charge in [0.1, 0.15) is 0 Å². The van der Waals surface area contributed by atoms with Crippen LogP contribution in [0, 0.1) is 6.92 Å². The maximum Gasteiger partial charge on any atom is 0.161 e. The van der Waals surface area contributed by atoms with Crippen molar-refractivity contribution >= 4 is 0 Å². The molecule has 0 aliphatic carbocycles. The van der Waals surface area contributed by atoms with Crippen molar-refractivity contribution in [1.29, 1.82) is 0 Å². The number of hydrogen-bond acceptors (Lipinski definition) is 4. The SMILES string of the molecule is COc1cc(C)c(CCCN2CCOCC2)cc1OC. The maximum atomic E-state index is 5.38. The summed E-state index contributed by atoms with van der Waals surface area (Å²) < 4.78 is 16.1. The van der Waals surface area contributed by atoms with Crippen molar-refractivity contribution in [3.05, 3.63) is 23.3 Å². The Morgan fingerprint density at radius 2 is 1.75 bits per heavy atom. The summed E-state index contributed by atoms with van der Waals surface area (Å²) >= 11 is 0. The lowest BCUT2D eigenvalue weighted by molar-refractivity contribution is 0.0374. The van der Waals surface area contributed by atoms with E-state index in [2.05, 4.69) is 24.0 Å². The number of benzene rings is 1. The molecule has 1 heterocycles. The minimum atomic E-state index is 0.807. The van der Waals surface area contributed by atoms with Crippen LogP contribution in [0.5, 0.6) is 11.5 Å². The first kappa shape index (κ1) is 15.1. The van der Waals surface area contributed by atoms with Crippen molar-refractivity contribution in [1.82, 2.24) is 4.90 Å². The van der Waals surface area contributed by atoms with E-state index in [4.69, 9.17) is 14.2 Å². The van der Waals surface area contributed by atoms with Gasteiger partial charge in [0, 0.05) is 13.1 Å². The molecular weight excluding hydrogens is 254 g/mol. The predicted octanol–water partition coefficient (Wildman–Crippen LogP) is 2.28. The second kappa shape index (κ2) is 7.50. The van der Waals surface area contributed by atoms with E-state index in [1.807, 2.05) is 0 Å². The van der Waals surface area contributed by atoms with E-state index in [0.717, 1.165) is 57.2 Å². The van der Waals surface area contributed by atoms with Gasteiger partial charge in [-0.3, -0.25) is 4.90 Å². The molecule has 4 nitrogen and oxygen atoms in total. The Bertz CT molecular complexity index is 428. The molecule has 1 aromatic carbocycles. The quantitative estimate of drug-likeness (QED) is 0.799. The maximum absolute atomic E-state index is 5.38. The molecule has 1 aliphatic rings. The van der Waals surface area contributed by atoms with Crippen LogP contribution in [-0.2, 0) is 11.2 Å². The summed E-state index contributed by atoms with van der Waals surface area (Å²) in [4.78, 5) is 2.47. The van der Waals surface area contributed by atoms with Crippen molar-refractivity contribution in [2.24, 2.45) is 0 Å². The molecule has 0 unspecified atom stereocenters. The summed E-state index contributed by atoms with van der Waals surface area (Å²) in [7, 11) is 3.36. The molecule has 4 heteroatoms. The molecule has 0 radical (unpaired) electrons. The number of methoxy groups -OCH3 is 2. The Balaban J connectivity index is 1.91. The topological polar surface area (TPSA) is 30.9 Å². The summed E-state index contributed by atoms with van der Waals surface area (Å²) in [5.74, 6) is 1.63. The highest BCUT2D eigenvalue weighted by Crippen LogP contribution is 2.30. The molecule has 0 bridgehead atoms. The van der Waals surface area contributed by atoms with Gasteiger partial charge >= 0.3 is 0 Å². The zero-order chi connectivity index (χ0) is 14.4. The molecule has 1 fully saturated rings. The molecule has 0 aromatic heterocycles. The van der Waals surface area contributed by atoms with Crippen LogP contribution in [0.25, 0.3) is 0 Å². The van der Waals surface area contributed by atoms with Gasteiger partial charge in [0.05, 0.1) is 27.4 Å². The standard InChI is InChI=1S/C16H25NO3/c1-13-11-15(18-2)16(19-3)12-14(13)5-4-6-17-7-9-20-10-8-17/h11-12H,4-10H2,1-3H3. The van der Waals surface area contributed by atoms with Crippen LogP contribution in [0.3, 0.4) is 0 Å². The molecule has 20 heavy (non-hydrogen) atoms. The van der Waals surface area contributed by atoms with Crippen LogP contribution in [0.2, 0.25) is 0 Å². The molecule has 0 amide bonds. The number of hydrogen-bond donors (Lipinski definition) is 0. The first-order valence-corrected chi connectivity index (χ1v) is 7.26. The second-order valence-electron chi connectivity index (χ2n) is 5.19. The number of rotatable bonds is 6. The van der Waals surface area contributed by atoms with Crippen molar-refractivity contribution in [2.45, 2.75) is 19.8 Å². The zero-order valence-electron chi connectivity index (χ0n) is 12.8. The summed E-state index contributed by atoms with van der Waals surface area (Å²) in [6.45, 7) is 7.13.